The highest BCUT2D eigenvalue weighted by Crippen LogP contribution is 1.95. The van der Waals surface area contributed by atoms with E-state index in [-0.39, 0.29) is 6.03 Å². The van der Waals surface area contributed by atoms with E-state index >= 15 is 0 Å². The molecule has 0 atom stereocenters. The van der Waals surface area contributed by atoms with Crippen LogP contribution in [0.25, 0.3) is 0 Å². The van der Waals surface area contributed by atoms with Crippen LogP contribution in [0.4, 0.5) is 4.79 Å². The average Bonchev–Trinajstić information content (AvgIpc) is 2.34. The molecule has 0 aliphatic heterocycles. The molecule has 4 heteroatoms. The molecule has 0 radical (unpaired) electrons. The maximum absolute atomic E-state index is 11.4. The maximum atomic E-state index is 11.4. The second-order valence-electron chi connectivity index (χ2n) is 3.18. The van der Waals surface area contributed by atoms with E-state index in [1.54, 1.807) is 18.5 Å². The van der Waals surface area contributed by atoms with Gasteiger partial charge in [0.1, 0.15) is 0 Å². The molecule has 0 aliphatic rings. The first-order valence-electron chi connectivity index (χ1n) is 5.13. The van der Waals surface area contributed by atoms with Gasteiger partial charge in [0.25, 0.3) is 0 Å². The molecule has 16 heavy (non-hydrogen) atoms. The summed E-state index contributed by atoms with van der Waals surface area (Å²) in [5, 5.41) is 2.68. The molecule has 84 valence electrons. The lowest BCUT2D eigenvalue weighted by Gasteiger charge is -2.01. The summed E-state index contributed by atoms with van der Waals surface area (Å²) in [6, 6.07) is 3.37. The van der Waals surface area contributed by atoms with Gasteiger partial charge in [0.05, 0.1) is 0 Å². The smallest absolute Gasteiger partial charge is 0.332 e. The van der Waals surface area contributed by atoms with Gasteiger partial charge >= 0.3 is 6.03 Å². The number of hydrogen-bond donors (Lipinski definition) is 1. The summed E-state index contributed by atoms with van der Waals surface area (Å²) < 4.78 is 0. The Hall–Kier alpha value is -1.97. The van der Waals surface area contributed by atoms with Crippen LogP contribution in [0.2, 0.25) is 0 Å². The van der Waals surface area contributed by atoms with Gasteiger partial charge in [-0.3, -0.25) is 4.98 Å². The zero-order valence-electron chi connectivity index (χ0n) is 9.31. The van der Waals surface area contributed by atoms with Crippen molar-refractivity contribution in [3.8, 4) is 0 Å². The first-order chi connectivity index (χ1) is 7.76. The molecule has 0 saturated heterocycles. The quantitative estimate of drug-likeness (QED) is 0.787. The van der Waals surface area contributed by atoms with Gasteiger partial charge in [-0.2, -0.15) is 4.99 Å². The molecule has 1 heterocycles. The zero-order chi connectivity index (χ0) is 11.8. The van der Waals surface area contributed by atoms with Crippen molar-refractivity contribution in [2.75, 3.05) is 0 Å². The molecule has 0 fully saturated rings. The number of allylic oxidation sites excluding steroid dienone is 1. The third-order valence-electron chi connectivity index (χ3n) is 2.01. The minimum atomic E-state index is -0.347. The highest BCUT2D eigenvalue weighted by molar-refractivity contribution is 6.01. The van der Waals surface area contributed by atoms with E-state index in [0.717, 1.165) is 5.56 Å². The number of carbonyl (C=O) groups excluding carboxylic acids is 1. The zero-order valence-corrected chi connectivity index (χ0v) is 9.31. The first kappa shape index (κ1) is 12.1. The predicted molar refractivity (Wildman–Crippen MR) is 64.4 cm³/mol. The molecule has 2 amide bonds. The standard InChI is InChI=1S/C12H15N3O/c1-3-11(4-2)15-12(16)14-9-10-6-5-7-13-8-10/h3,5-8H,1,4,9H2,2H3,(H,14,16). The third kappa shape index (κ3) is 4.04. The molecular formula is C12H15N3O. The van der Waals surface area contributed by atoms with Gasteiger partial charge in [-0.05, 0) is 24.1 Å². The Morgan fingerprint density at radius 1 is 1.69 bits per heavy atom. The minimum Gasteiger partial charge on any atom is -0.332 e. The van der Waals surface area contributed by atoms with Gasteiger partial charge in [-0.15, -0.1) is 0 Å². The van der Waals surface area contributed by atoms with Crippen LogP contribution in [0, 0.1) is 0 Å². The number of pyridine rings is 1. The number of nitrogens with one attached hydrogen (secondary N) is 1. The maximum Gasteiger partial charge on any atom is 0.341 e. The molecular weight excluding hydrogens is 202 g/mol. The Kier molecular flexibility index (Phi) is 4.92. The van der Waals surface area contributed by atoms with Crippen molar-refractivity contribution in [3.63, 3.8) is 0 Å². The van der Waals surface area contributed by atoms with E-state index in [2.05, 4.69) is 21.9 Å². The summed E-state index contributed by atoms with van der Waals surface area (Å²) in [7, 11) is 0. The molecule has 1 aromatic heterocycles. The molecule has 0 bridgehead atoms. The van der Waals surface area contributed by atoms with Crippen LogP contribution in [0.3, 0.4) is 0 Å². The van der Waals surface area contributed by atoms with Crippen molar-refractivity contribution < 1.29 is 4.79 Å². The van der Waals surface area contributed by atoms with Crippen LogP contribution in [0.1, 0.15) is 18.9 Å². The first-order valence-corrected chi connectivity index (χ1v) is 5.13. The van der Waals surface area contributed by atoms with Crippen LogP contribution in [-0.2, 0) is 6.54 Å². The normalized spacial score (nSPS) is 10.9. The van der Waals surface area contributed by atoms with Crippen molar-refractivity contribution in [1.82, 2.24) is 10.3 Å². The number of carbonyl (C=O) groups is 1. The fourth-order valence-corrected chi connectivity index (χ4v) is 1.12. The van der Waals surface area contributed by atoms with E-state index in [0.29, 0.717) is 18.7 Å². The highest BCUT2D eigenvalue weighted by atomic mass is 16.2. The summed E-state index contributed by atoms with van der Waals surface area (Å²) in [6.45, 7) is 5.94. The molecule has 4 nitrogen and oxygen atoms in total. The Morgan fingerprint density at radius 3 is 3.06 bits per heavy atom. The summed E-state index contributed by atoms with van der Waals surface area (Å²) in [5.41, 5.74) is 1.63. The summed E-state index contributed by atoms with van der Waals surface area (Å²) >= 11 is 0. The number of amides is 2. The van der Waals surface area contributed by atoms with Gasteiger partial charge < -0.3 is 5.32 Å². The Morgan fingerprint density at radius 2 is 2.50 bits per heavy atom. The Labute approximate surface area is 95.1 Å². The molecule has 0 aliphatic carbocycles. The van der Waals surface area contributed by atoms with E-state index < -0.39 is 0 Å². The number of nitrogens with zero attached hydrogens (tertiary/aromatic N) is 2. The van der Waals surface area contributed by atoms with Crippen LogP contribution in [0.5, 0.6) is 0 Å². The highest BCUT2D eigenvalue weighted by Gasteiger charge is 1.99. The van der Waals surface area contributed by atoms with Crippen molar-refractivity contribution in [2.24, 2.45) is 4.99 Å². The number of aliphatic imine (C=N–C) groups is 1. The molecule has 1 rings (SSSR count). The van der Waals surface area contributed by atoms with Gasteiger partial charge in [0.2, 0.25) is 0 Å². The van der Waals surface area contributed by atoms with E-state index in [4.69, 9.17) is 0 Å². The predicted octanol–water partition coefficient (Wildman–Crippen LogP) is 2.33. The average molecular weight is 217 g/mol. The Balaban J connectivity index is 2.47. The lowest BCUT2D eigenvalue weighted by atomic mass is 10.3. The molecule has 1 N–H and O–H groups in total. The van der Waals surface area contributed by atoms with Gasteiger partial charge in [0.15, 0.2) is 0 Å². The van der Waals surface area contributed by atoms with Gasteiger partial charge in [-0.25, -0.2) is 4.79 Å². The molecule has 1 aromatic rings. The van der Waals surface area contributed by atoms with Crippen molar-refractivity contribution in [2.45, 2.75) is 19.9 Å². The number of hydrogen-bond acceptors (Lipinski definition) is 2. The number of aromatic nitrogens is 1. The molecule has 0 spiro atoms. The van der Waals surface area contributed by atoms with Crippen LogP contribution >= 0.6 is 0 Å². The van der Waals surface area contributed by atoms with Crippen LogP contribution in [0.15, 0.2) is 42.2 Å². The molecule has 0 unspecified atom stereocenters. The topological polar surface area (TPSA) is 54.4 Å². The fraction of sp³-hybridized carbons (Fsp3) is 0.250. The van der Waals surface area contributed by atoms with E-state index in [1.807, 2.05) is 19.1 Å². The monoisotopic (exact) mass is 217 g/mol. The van der Waals surface area contributed by atoms with Crippen LogP contribution < -0.4 is 5.32 Å². The SMILES string of the molecule is C=CC(CC)=NC(=O)NCc1cccnc1. The largest absolute Gasteiger partial charge is 0.341 e. The van der Waals surface area contributed by atoms with Crippen molar-refractivity contribution in [3.05, 3.63) is 42.7 Å². The molecule has 0 aromatic carbocycles. The van der Waals surface area contributed by atoms with Gasteiger partial charge in [-0.1, -0.05) is 19.6 Å². The fourth-order valence-electron chi connectivity index (χ4n) is 1.12. The van der Waals surface area contributed by atoms with E-state index in [1.165, 1.54) is 0 Å². The number of urea groups is 1. The lowest BCUT2D eigenvalue weighted by molar-refractivity contribution is 0.249. The summed E-state index contributed by atoms with van der Waals surface area (Å²) in [4.78, 5) is 19.2. The number of rotatable bonds is 4. The lowest BCUT2D eigenvalue weighted by Crippen LogP contribution is -2.20. The third-order valence-corrected chi connectivity index (χ3v) is 2.01. The van der Waals surface area contributed by atoms with E-state index in [9.17, 15) is 4.79 Å². The second kappa shape index (κ2) is 6.50. The van der Waals surface area contributed by atoms with Crippen molar-refractivity contribution >= 4 is 11.7 Å². The van der Waals surface area contributed by atoms with Crippen LogP contribution in [-0.4, -0.2) is 16.7 Å². The second-order valence-corrected chi connectivity index (χ2v) is 3.18. The molecule has 0 saturated carbocycles. The minimum absolute atomic E-state index is 0.347. The Bertz CT molecular complexity index is 385. The summed E-state index contributed by atoms with van der Waals surface area (Å²) in [6.07, 6.45) is 5.68. The van der Waals surface area contributed by atoms with Gasteiger partial charge in [0, 0.05) is 24.7 Å². The van der Waals surface area contributed by atoms with Crippen molar-refractivity contribution in [1.29, 1.82) is 0 Å². The summed E-state index contributed by atoms with van der Waals surface area (Å²) in [5.74, 6) is 0.